The minimum atomic E-state index is 0.410. The fourth-order valence-electron chi connectivity index (χ4n) is 2.06. The summed E-state index contributed by atoms with van der Waals surface area (Å²) in [5, 5.41) is 3.40. The number of rotatable bonds is 5. The SMILES string of the molecule is CSc1cccc(Nc2ccc(N(C)C)cc2)c1C(N)=S. The molecule has 2 rings (SSSR count). The Labute approximate surface area is 135 Å². The van der Waals surface area contributed by atoms with Gasteiger partial charge in [0.1, 0.15) is 4.99 Å². The second-order valence-electron chi connectivity index (χ2n) is 4.81. The van der Waals surface area contributed by atoms with E-state index in [-0.39, 0.29) is 0 Å². The number of nitrogens with two attached hydrogens (primary N) is 1. The van der Waals surface area contributed by atoms with Gasteiger partial charge in [-0.1, -0.05) is 18.3 Å². The van der Waals surface area contributed by atoms with Gasteiger partial charge in [0.05, 0.1) is 0 Å². The molecule has 110 valence electrons. The van der Waals surface area contributed by atoms with E-state index in [4.69, 9.17) is 18.0 Å². The molecule has 0 fully saturated rings. The van der Waals surface area contributed by atoms with Crippen LogP contribution < -0.4 is 16.0 Å². The van der Waals surface area contributed by atoms with E-state index in [0.717, 1.165) is 27.5 Å². The summed E-state index contributed by atoms with van der Waals surface area (Å²) >= 11 is 6.83. The maximum Gasteiger partial charge on any atom is 0.107 e. The second kappa shape index (κ2) is 6.83. The summed E-state index contributed by atoms with van der Waals surface area (Å²) in [6.07, 6.45) is 2.02. The first-order valence-electron chi connectivity index (χ1n) is 6.54. The number of anilines is 3. The molecule has 0 aromatic heterocycles. The highest BCUT2D eigenvalue weighted by Crippen LogP contribution is 2.29. The molecule has 3 N–H and O–H groups in total. The van der Waals surface area contributed by atoms with Gasteiger partial charge in [0.25, 0.3) is 0 Å². The van der Waals surface area contributed by atoms with Gasteiger partial charge in [-0.25, -0.2) is 0 Å². The molecule has 0 atom stereocenters. The summed E-state index contributed by atoms with van der Waals surface area (Å²) in [7, 11) is 4.05. The van der Waals surface area contributed by atoms with E-state index in [9.17, 15) is 0 Å². The van der Waals surface area contributed by atoms with E-state index < -0.39 is 0 Å². The lowest BCUT2D eigenvalue weighted by Crippen LogP contribution is -2.13. The van der Waals surface area contributed by atoms with Gasteiger partial charge in [-0.2, -0.15) is 0 Å². The smallest absolute Gasteiger partial charge is 0.107 e. The van der Waals surface area contributed by atoms with E-state index in [0.29, 0.717) is 4.99 Å². The van der Waals surface area contributed by atoms with Gasteiger partial charge in [0, 0.05) is 41.6 Å². The van der Waals surface area contributed by atoms with Crippen molar-refractivity contribution >= 4 is 46.0 Å². The maximum atomic E-state index is 5.88. The minimum Gasteiger partial charge on any atom is -0.389 e. The fraction of sp³-hybridized carbons (Fsp3) is 0.188. The van der Waals surface area contributed by atoms with Crippen molar-refractivity contribution < 1.29 is 0 Å². The molecule has 0 spiro atoms. The summed E-state index contributed by atoms with van der Waals surface area (Å²) in [5.41, 5.74) is 9.89. The average molecular weight is 317 g/mol. The Morgan fingerprint density at radius 3 is 2.33 bits per heavy atom. The third-order valence-electron chi connectivity index (χ3n) is 3.16. The van der Waals surface area contributed by atoms with Crippen LogP contribution >= 0.6 is 24.0 Å². The number of nitrogens with one attached hydrogen (secondary N) is 1. The molecule has 21 heavy (non-hydrogen) atoms. The zero-order valence-corrected chi connectivity index (χ0v) is 14.0. The molecule has 2 aromatic rings. The van der Waals surface area contributed by atoms with Crippen LogP contribution in [0.1, 0.15) is 5.56 Å². The Morgan fingerprint density at radius 1 is 1.14 bits per heavy atom. The molecule has 0 aliphatic heterocycles. The molecule has 5 heteroatoms. The number of thiocarbonyl (C=S) groups is 1. The van der Waals surface area contributed by atoms with Gasteiger partial charge in [0.2, 0.25) is 0 Å². The Balaban J connectivity index is 2.33. The molecule has 0 amide bonds. The van der Waals surface area contributed by atoms with Gasteiger partial charge in [-0.3, -0.25) is 0 Å². The van der Waals surface area contributed by atoms with Gasteiger partial charge >= 0.3 is 0 Å². The van der Waals surface area contributed by atoms with E-state index >= 15 is 0 Å². The highest BCUT2D eigenvalue weighted by molar-refractivity contribution is 7.98. The number of hydrogen-bond acceptors (Lipinski definition) is 4. The summed E-state index contributed by atoms with van der Waals surface area (Å²) < 4.78 is 0. The van der Waals surface area contributed by atoms with Crippen molar-refractivity contribution in [1.29, 1.82) is 0 Å². The summed E-state index contributed by atoms with van der Waals surface area (Å²) in [6.45, 7) is 0. The van der Waals surface area contributed by atoms with E-state index in [1.54, 1.807) is 11.8 Å². The van der Waals surface area contributed by atoms with Crippen LogP contribution in [0.5, 0.6) is 0 Å². The topological polar surface area (TPSA) is 41.3 Å². The second-order valence-corrected chi connectivity index (χ2v) is 6.10. The molecule has 0 unspecified atom stereocenters. The number of thioether (sulfide) groups is 1. The largest absolute Gasteiger partial charge is 0.389 e. The number of hydrogen-bond donors (Lipinski definition) is 2. The standard InChI is InChI=1S/C16H19N3S2/c1-19(2)12-9-7-11(8-10-12)18-13-5-4-6-14(21-3)15(13)16(17)20/h4-10,18H,1-3H3,(H2,17,20). The Bertz CT molecular complexity index is 636. The predicted molar refractivity (Wildman–Crippen MR) is 98.2 cm³/mol. The molecule has 0 radical (unpaired) electrons. The molecule has 0 heterocycles. The highest BCUT2D eigenvalue weighted by atomic mass is 32.2. The summed E-state index contributed by atoms with van der Waals surface area (Å²) in [6, 6.07) is 14.3. The van der Waals surface area contributed by atoms with Crippen molar-refractivity contribution in [3.05, 3.63) is 48.0 Å². The van der Waals surface area contributed by atoms with E-state index in [1.807, 2.05) is 50.7 Å². The molecular formula is C16H19N3S2. The monoisotopic (exact) mass is 317 g/mol. The van der Waals surface area contributed by atoms with Gasteiger partial charge in [0.15, 0.2) is 0 Å². The Hall–Kier alpha value is -1.72. The van der Waals surface area contributed by atoms with Crippen LogP contribution in [0.25, 0.3) is 0 Å². The van der Waals surface area contributed by atoms with Crippen LogP contribution in [0.15, 0.2) is 47.4 Å². The number of benzene rings is 2. The third kappa shape index (κ3) is 3.68. The predicted octanol–water partition coefficient (Wildman–Crippen LogP) is 3.85. The van der Waals surface area contributed by atoms with Crippen molar-refractivity contribution in [1.82, 2.24) is 0 Å². The molecule has 2 aromatic carbocycles. The van der Waals surface area contributed by atoms with Crippen molar-refractivity contribution in [2.24, 2.45) is 5.73 Å². The van der Waals surface area contributed by atoms with Crippen LogP contribution in [-0.2, 0) is 0 Å². The van der Waals surface area contributed by atoms with Gasteiger partial charge in [-0.15, -0.1) is 11.8 Å². The first kappa shape index (κ1) is 15.7. The third-order valence-corrected chi connectivity index (χ3v) is 4.14. The molecule has 0 aliphatic carbocycles. The van der Waals surface area contributed by atoms with E-state index in [2.05, 4.69) is 22.3 Å². The van der Waals surface area contributed by atoms with Crippen LogP contribution in [0.3, 0.4) is 0 Å². The maximum absolute atomic E-state index is 5.88. The normalized spacial score (nSPS) is 10.2. The molecule has 0 saturated carbocycles. The Morgan fingerprint density at radius 2 is 1.81 bits per heavy atom. The lowest BCUT2D eigenvalue weighted by molar-refractivity contribution is 1.13. The van der Waals surface area contributed by atoms with Gasteiger partial charge < -0.3 is 16.0 Å². The van der Waals surface area contributed by atoms with Crippen LogP contribution in [0.4, 0.5) is 17.1 Å². The first-order chi connectivity index (χ1) is 10.0. The fourth-order valence-corrected chi connectivity index (χ4v) is 2.98. The Kier molecular flexibility index (Phi) is 5.09. The zero-order valence-electron chi connectivity index (χ0n) is 12.4. The summed E-state index contributed by atoms with van der Waals surface area (Å²) in [4.78, 5) is 3.56. The quantitative estimate of drug-likeness (QED) is 0.647. The van der Waals surface area contributed by atoms with Gasteiger partial charge in [-0.05, 0) is 42.7 Å². The highest BCUT2D eigenvalue weighted by Gasteiger charge is 2.10. The van der Waals surface area contributed by atoms with Crippen molar-refractivity contribution in [3.63, 3.8) is 0 Å². The first-order valence-corrected chi connectivity index (χ1v) is 8.17. The molecule has 0 bridgehead atoms. The van der Waals surface area contributed by atoms with E-state index in [1.165, 1.54) is 0 Å². The van der Waals surface area contributed by atoms with Crippen LogP contribution in [0, 0.1) is 0 Å². The summed E-state index contributed by atoms with van der Waals surface area (Å²) in [5.74, 6) is 0. The lowest BCUT2D eigenvalue weighted by Gasteiger charge is -2.16. The van der Waals surface area contributed by atoms with Crippen molar-refractivity contribution in [2.75, 3.05) is 30.6 Å². The molecular weight excluding hydrogens is 298 g/mol. The lowest BCUT2D eigenvalue weighted by atomic mass is 10.1. The minimum absolute atomic E-state index is 0.410. The molecule has 0 saturated heterocycles. The van der Waals surface area contributed by atoms with Crippen LogP contribution in [0.2, 0.25) is 0 Å². The van der Waals surface area contributed by atoms with Crippen LogP contribution in [-0.4, -0.2) is 25.3 Å². The number of nitrogens with zero attached hydrogens (tertiary/aromatic N) is 1. The molecule has 0 aliphatic rings. The molecule has 3 nitrogen and oxygen atoms in total. The average Bonchev–Trinajstić information content (AvgIpc) is 2.47. The zero-order chi connectivity index (χ0) is 15.4. The van der Waals surface area contributed by atoms with Crippen molar-refractivity contribution in [3.8, 4) is 0 Å². The van der Waals surface area contributed by atoms with Crippen molar-refractivity contribution in [2.45, 2.75) is 4.90 Å².